The van der Waals surface area contributed by atoms with Crippen molar-refractivity contribution in [3.63, 3.8) is 0 Å². The van der Waals surface area contributed by atoms with Gasteiger partial charge in [0.2, 0.25) is 0 Å². The molecule has 1 aliphatic rings. The average molecular weight is 741 g/mol. The quantitative estimate of drug-likeness (QED) is 0.114. The van der Waals surface area contributed by atoms with Gasteiger partial charge in [-0.25, -0.2) is 19.8 Å². The monoisotopic (exact) mass is 740 g/mol. The number of benzene rings is 3. The number of ether oxygens (including phenoxy) is 2. The molecule has 6 aromatic rings. The smallest absolute Gasteiger partial charge is 0.433 e. The number of aromatic nitrogens is 3. The van der Waals surface area contributed by atoms with Gasteiger partial charge >= 0.3 is 12.1 Å². The predicted molar refractivity (Wildman–Crippen MR) is 189 cm³/mol. The van der Waals surface area contributed by atoms with Crippen LogP contribution in [0.4, 0.5) is 13.2 Å². The maximum Gasteiger partial charge on any atom is 0.433 e. The molecule has 1 atom stereocenters. The summed E-state index contributed by atoms with van der Waals surface area (Å²) in [5.74, 6) is 0.247. The van der Waals surface area contributed by atoms with Crippen LogP contribution < -0.4 is 19.6 Å². The first-order valence-corrected chi connectivity index (χ1v) is 17.5. The Kier molecular flexibility index (Phi) is 9.67. The number of hydrogen-bond acceptors (Lipinski definition) is 10. The summed E-state index contributed by atoms with van der Waals surface area (Å²) in [5, 5.41) is 0.0535. The molecule has 0 saturated carbocycles. The molecule has 0 aliphatic carbocycles. The second-order valence-electron chi connectivity index (χ2n) is 11.2. The van der Waals surface area contributed by atoms with E-state index >= 15 is 0 Å². The van der Waals surface area contributed by atoms with E-state index in [1.807, 2.05) is 30.3 Å². The highest BCUT2D eigenvalue weighted by atomic mass is 32.2. The summed E-state index contributed by atoms with van der Waals surface area (Å²) >= 11 is 1.93. The largest absolute Gasteiger partial charge is 0.497 e. The van der Waals surface area contributed by atoms with E-state index in [0.717, 1.165) is 29.2 Å². The van der Waals surface area contributed by atoms with Crippen LogP contribution in [0.1, 0.15) is 35.5 Å². The highest BCUT2D eigenvalue weighted by molar-refractivity contribution is 7.99. The van der Waals surface area contributed by atoms with Crippen molar-refractivity contribution >= 4 is 40.8 Å². The fourth-order valence-electron chi connectivity index (χ4n) is 5.60. The number of methoxy groups -OCH3 is 1. The van der Waals surface area contributed by atoms with Crippen molar-refractivity contribution in [2.45, 2.75) is 29.4 Å². The minimum Gasteiger partial charge on any atom is -0.497 e. The Labute approximate surface area is 302 Å². The summed E-state index contributed by atoms with van der Waals surface area (Å²) in [6.45, 7) is 1.82. The van der Waals surface area contributed by atoms with E-state index in [9.17, 15) is 22.8 Å². The number of carbonyl (C=O) groups is 1. The fraction of sp³-hybridized carbons (Fsp3) is 0.132. The molecule has 3 aromatic heterocycles. The molecular weight excluding hydrogens is 714 g/mol. The number of carbonyl (C=O) groups excluding carboxylic acids is 1. The van der Waals surface area contributed by atoms with Crippen LogP contribution >= 0.6 is 23.1 Å². The molecule has 3 aromatic carbocycles. The third-order valence-corrected chi connectivity index (χ3v) is 9.71. The highest BCUT2D eigenvalue weighted by Gasteiger charge is 2.36. The molecule has 0 bridgehead atoms. The average Bonchev–Trinajstić information content (AvgIpc) is 3.73. The Bertz CT molecular complexity index is 2480. The van der Waals surface area contributed by atoms with Crippen LogP contribution in [0.2, 0.25) is 0 Å². The number of alkyl halides is 3. The highest BCUT2D eigenvalue weighted by Crippen LogP contribution is 2.37. The summed E-state index contributed by atoms with van der Waals surface area (Å²) in [5.41, 5.74) is 0.973. The van der Waals surface area contributed by atoms with Gasteiger partial charge < -0.3 is 13.9 Å². The van der Waals surface area contributed by atoms with Crippen molar-refractivity contribution in [2.24, 2.45) is 4.99 Å². The van der Waals surface area contributed by atoms with E-state index < -0.39 is 29.4 Å². The van der Waals surface area contributed by atoms with Crippen molar-refractivity contribution in [1.29, 1.82) is 0 Å². The molecule has 0 spiro atoms. The first-order chi connectivity index (χ1) is 25.1. The molecule has 9 nitrogen and oxygen atoms in total. The van der Waals surface area contributed by atoms with Crippen LogP contribution in [0.5, 0.6) is 5.75 Å². The summed E-state index contributed by atoms with van der Waals surface area (Å²) < 4.78 is 59.8. The fourth-order valence-corrected chi connectivity index (χ4v) is 7.32. The summed E-state index contributed by atoms with van der Waals surface area (Å²) in [7, 11) is 1.54. The van der Waals surface area contributed by atoms with Crippen molar-refractivity contribution in [3.05, 3.63) is 151 Å². The van der Waals surface area contributed by atoms with Gasteiger partial charge in [0.05, 0.1) is 41.3 Å². The standard InChI is InChI=1S/C38H27F3N4O5S2/c1-3-49-35(47)31-32(23-12-8-5-9-13-23)44-37-45(33(31)24-14-16-25(48-2)17-15-24)34(46)28(51-37)20-26-18-19-30(50-26)52-36-42-27(22-10-6-4-7-11-22)21-29(43-36)38(39,40)41/h4-21,33H,3H2,1-2H3/b28-20+/t33-/m1/s1. The van der Waals surface area contributed by atoms with Gasteiger partial charge in [0.15, 0.2) is 15.1 Å². The Balaban J connectivity index is 1.31. The molecule has 262 valence electrons. The third-order valence-electron chi connectivity index (χ3n) is 7.94. The zero-order valence-corrected chi connectivity index (χ0v) is 29.1. The number of esters is 1. The van der Waals surface area contributed by atoms with Gasteiger partial charge in [-0.05, 0) is 54.6 Å². The molecule has 0 saturated heterocycles. The van der Waals surface area contributed by atoms with Gasteiger partial charge in [0, 0.05) is 17.2 Å². The van der Waals surface area contributed by atoms with Gasteiger partial charge in [0.1, 0.15) is 17.2 Å². The van der Waals surface area contributed by atoms with Gasteiger partial charge in [0.25, 0.3) is 5.56 Å². The second-order valence-corrected chi connectivity index (χ2v) is 13.2. The topological polar surface area (TPSA) is 109 Å². The number of thiazole rings is 1. The molecule has 0 amide bonds. The molecular formula is C38H27F3N4O5S2. The molecule has 52 heavy (non-hydrogen) atoms. The first kappa shape index (κ1) is 34.7. The lowest BCUT2D eigenvalue weighted by Crippen LogP contribution is -2.40. The van der Waals surface area contributed by atoms with Crippen LogP contribution in [0.25, 0.3) is 23.0 Å². The Morgan fingerprint density at radius 2 is 1.65 bits per heavy atom. The Morgan fingerprint density at radius 3 is 2.31 bits per heavy atom. The van der Waals surface area contributed by atoms with Gasteiger partial charge in [-0.15, -0.1) is 0 Å². The molecule has 0 fully saturated rings. The lowest BCUT2D eigenvalue weighted by Gasteiger charge is -2.26. The zero-order chi connectivity index (χ0) is 36.4. The van der Waals surface area contributed by atoms with E-state index in [1.54, 1.807) is 80.8 Å². The van der Waals surface area contributed by atoms with E-state index in [0.29, 0.717) is 32.9 Å². The SMILES string of the molecule is CCOC(=O)C1=C(c2ccccc2)N=c2s/c(=C/c3ccc(Sc4nc(-c5ccccc5)cc(C(F)(F)F)n4)o3)c(=O)n2[C@@H]1c1ccc(OC)cc1. The second kappa shape index (κ2) is 14.5. The van der Waals surface area contributed by atoms with Crippen LogP contribution in [0.3, 0.4) is 0 Å². The normalized spacial score (nSPS) is 14.6. The number of rotatable bonds is 9. The minimum absolute atomic E-state index is 0.113. The van der Waals surface area contributed by atoms with Crippen molar-refractivity contribution in [3.8, 4) is 17.0 Å². The minimum atomic E-state index is -4.69. The van der Waals surface area contributed by atoms with Crippen LogP contribution in [-0.4, -0.2) is 34.2 Å². The van der Waals surface area contributed by atoms with E-state index in [-0.39, 0.29) is 38.4 Å². The van der Waals surface area contributed by atoms with E-state index in [1.165, 1.54) is 10.6 Å². The summed E-state index contributed by atoms with van der Waals surface area (Å²) in [4.78, 5) is 41.1. The first-order valence-electron chi connectivity index (χ1n) is 15.8. The number of hydrogen-bond donors (Lipinski definition) is 0. The number of fused-ring (bicyclic) bond motifs is 1. The molecule has 1 aliphatic heterocycles. The van der Waals surface area contributed by atoms with Crippen LogP contribution in [0.15, 0.2) is 133 Å². The molecule has 0 N–H and O–H groups in total. The number of halogens is 3. The summed E-state index contributed by atoms with van der Waals surface area (Å²) in [6.07, 6.45) is -3.17. The number of furan rings is 1. The Morgan fingerprint density at radius 1 is 0.962 bits per heavy atom. The van der Waals surface area contributed by atoms with Gasteiger partial charge in [-0.1, -0.05) is 84.1 Å². The lowest BCUT2D eigenvalue weighted by atomic mass is 9.93. The van der Waals surface area contributed by atoms with Crippen LogP contribution in [-0.2, 0) is 15.7 Å². The van der Waals surface area contributed by atoms with E-state index in [2.05, 4.69) is 9.97 Å². The molecule has 0 unspecified atom stereocenters. The lowest BCUT2D eigenvalue weighted by molar-refractivity contribution is -0.141. The number of nitrogens with zero attached hydrogens (tertiary/aromatic N) is 4. The third kappa shape index (κ3) is 7.07. The van der Waals surface area contributed by atoms with E-state index in [4.69, 9.17) is 18.9 Å². The molecule has 0 radical (unpaired) electrons. The van der Waals surface area contributed by atoms with Crippen molar-refractivity contribution in [2.75, 3.05) is 13.7 Å². The molecule has 7 rings (SSSR count). The maximum absolute atomic E-state index is 14.2. The Hall–Kier alpha value is -5.73. The molecule has 14 heteroatoms. The van der Waals surface area contributed by atoms with Crippen molar-refractivity contribution in [1.82, 2.24) is 14.5 Å². The predicted octanol–water partition coefficient (Wildman–Crippen LogP) is 7.16. The summed E-state index contributed by atoms with van der Waals surface area (Å²) in [6, 6.07) is 27.9. The van der Waals surface area contributed by atoms with Crippen molar-refractivity contribution < 1.29 is 31.9 Å². The molecule has 4 heterocycles. The maximum atomic E-state index is 14.2. The van der Waals surface area contributed by atoms with Gasteiger partial charge in [-0.2, -0.15) is 13.2 Å². The zero-order valence-electron chi connectivity index (χ0n) is 27.5. The van der Waals surface area contributed by atoms with Gasteiger partial charge in [-0.3, -0.25) is 9.36 Å². The van der Waals surface area contributed by atoms with Crippen LogP contribution in [0, 0.1) is 0 Å².